The van der Waals surface area contributed by atoms with Crippen LogP contribution in [0, 0.1) is 5.82 Å². The van der Waals surface area contributed by atoms with E-state index in [2.05, 4.69) is 0 Å². The molecule has 3 nitrogen and oxygen atoms in total. The van der Waals surface area contributed by atoms with Crippen molar-refractivity contribution in [2.24, 2.45) is 0 Å². The van der Waals surface area contributed by atoms with Gasteiger partial charge in [0.05, 0.1) is 6.42 Å². The third kappa shape index (κ3) is 3.31. The van der Waals surface area contributed by atoms with Gasteiger partial charge in [-0.3, -0.25) is 9.59 Å². The molecule has 0 bridgehead atoms. The average molecular weight is 222 g/mol. The Kier molecular flexibility index (Phi) is 3.94. The van der Waals surface area contributed by atoms with Gasteiger partial charge in [-0.1, -0.05) is 12.2 Å². The third-order valence-electron chi connectivity index (χ3n) is 1.99. The van der Waals surface area contributed by atoms with Crippen molar-refractivity contribution in [3.8, 4) is 0 Å². The molecule has 0 fully saturated rings. The monoisotopic (exact) mass is 222 g/mol. The molecule has 0 saturated heterocycles. The van der Waals surface area contributed by atoms with Crippen LogP contribution in [0.25, 0.3) is 6.08 Å². The predicted octanol–water partition coefficient (Wildman–Crippen LogP) is 2.52. The number of aliphatic carboxylic acids is 1. The second-order valence-corrected chi connectivity index (χ2v) is 3.29. The standard InChI is InChI=1S/C12H11FO3/c1-8(14)9-5-6-11(13)10(7-9)3-2-4-12(15)16/h2-3,5-7H,4H2,1H3,(H,15,16). The van der Waals surface area contributed by atoms with Gasteiger partial charge in [-0.15, -0.1) is 0 Å². The van der Waals surface area contributed by atoms with Crippen molar-refractivity contribution in [2.45, 2.75) is 13.3 Å². The van der Waals surface area contributed by atoms with Crippen LogP contribution in [0.5, 0.6) is 0 Å². The summed E-state index contributed by atoms with van der Waals surface area (Å²) < 4.78 is 13.2. The van der Waals surface area contributed by atoms with Crippen molar-refractivity contribution < 1.29 is 19.1 Å². The van der Waals surface area contributed by atoms with Gasteiger partial charge in [0.25, 0.3) is 0 Å². The summed E-state index contributed by atoms with van der Waals surface area (Å²) in [5, 5.41) is 8.40. The van der Waals surface area contributed by atoms with E-state index in [0.29, 0.717) is 5.56 Å². The summed E-state index contributed by atoms with van der Waals surface area (Å²) in [6.45, 7) is 1.39. The Morgan fingerprint density at radius 3 is 2.69 bits per heavy atom. The summed E-state index contributed by atoms with van der Waals surface area (Å²) in [5.41, 5.74) is 0.616. The maximum atomic E-state index is 13.2. The third-order valence-corrected chi connectivity index (χ3v) is 1.99. The SMILES string of the molecule is CC(=O)c1ccc(F)c(C=CCC(=O)O)c1. The molecule has 0 aliphatic carbocycles. The molecule has 0 aliphatic rings. The topological polar surface area (TPSA) is 54.4 Å². The zero-order valence-corrected chi connectivity index (χ0v) is 8.74. The zero-order chi connectivity index (χ0) is 12.1. The van der Waals surface area contributed by atoms with Gasteiger partial charge in [0.2, 0.25) is 0 Å². The summed E-state index contributed by atoms with van der Waals surface area (Å²) in [6, 6.07) is 3.99. The van der Waals surface area contributed by atoms with Crippen molar-refractivity contribution in [3.63, 3.8) is 0 Å². The summed E-state index contributed by atoms with van der Waals surface area (Å²) >= 11 is 0. The highest BCUT2D eigenvalue weighted by Gasteiger charge is 2.04. The maximum absolute atomic E-state index is 13.2. The Balaban J connectivity index is 2.94. The fourth-order valence-electron chi connectivity index (χ4n) is 1.18. The predicted molar refractivity (Wildman–Crippen MR) is 57.7 cm³/mol. The first kappa shape index (κ1) is 12.1. The molecular formula is C12H11FO3. The Bertz CT molecular complexity index is 450. The van der Waals surface area contributed by atoms with Gasteiger partial charge in [-0.2, -0.15) is 0 Å². The highest BCUT2D eigenvalue weighted by molar-refractivity contribution is 5.94. The smallest absolute Gasteiger partial charge is 0.307 e. The Hall–Kier alpha value is -1.97. The van der Waals surface area contributed by atoms with Crippen molar-refractivity contribution in [1.82, 2.24) is 0 Å². The van der Waals surface area contributed by atoms with E-state index in [1.165, 1.54) is 37.3 Å². The number of ketones is 1. The van der Waals surface area contributed by atoms with Crippen LogP contribution in [0.1, 0.15) is 29.3 Å². The molecule has 1 aromatic rings. The molecule has 0 heterocycles. The Morgan fingerprint density at radius 2 is 2.12 bits per heavy atom. The first-order valence-electron chi connectivity index (χ1n) is 4.69. The number of rotatable bonds is 4. The molecule has 1 rings (SSSR count). The van der Waals surface area contributed by atoms with Crippen molar-refractivity contribution in [2.75, 3.05) is 0 Å². The minimum atomic E-state index is -0.987. The van der Waals surface area contributed by atoms with Gasteiger partial charge in [0.1, 0.15) is 5.82 Å². The minimum Gasteiger partial charge on any atom is -0.481 e. The summed E-state index contributed by atoms with van der Waals surface area (Å²) in [7, 11) is 0. The Morgan fingerprint density at radius 1 is 1.44 bits per heavy atom. The van der Waals surface area contributed by atoms with Crippen LogP contribution in [-0.4, -0.2) is 16.9 Å². The average Bonchev–Trinajstić information content (AvgIpc) is 2.20. The lowest BCUT2D eigenvalue weighted by Gasteiger charge is -1.99. The van der Waals surface area contributed by atoms with Gasteiger partial charge in [0.15, 0.2) is 5.78 Å². The van der Waals surface area contributed by atoms with Gasteiger partial charge in [0, 0.05) is 11.1 Å². The van der Waals surface area contributed by atoms with E-state index in [0.717, 1.165) is 0 Å². The van der Waals surface area contributed by atoms with Crippen LogP contribution in [0.3, 0.4) is 0 Å². The normalized spacial score (nSPS) is 10.6. The molecule has 84 valence electrons. The first-order valence-corrected chi connectivity index (χ1v) is 4.69. The van der Waals surface area contributed by atoms with Crippen molar-refractivity contribution in [1.29, 1.82) is 0 Å². The number of benzene rings is 1. The lowest BCUT2D eigenvalue weighted by molar-refractivity contribution is -0.135. The number of carboxylic acid groups (broad SMARTS) is 1. The summed E-state index contributed by atoms with van der Waals surface area (Å²) in [4.78, 5) is 21.3. The molecule has 0 spiro atoms. The van der Waals surface area contributed by atoms with Gasteiger partial charge in [-0.25, -0.2) is 4.39 Å². The molecule has 0 saturated carbocycles. The van der Waals surface area contributed by atoms with E-state index >= 15 is 0 Å². The molecule has 0 aliphatic heterocycles. The number of carbonyl (C=O) groups is 2. The van der Waals surface area contributed by atoms with E-state index in [-0.39, 0.29) is 17.8 Å². The maximum Gasteiger partial charge on any atom is 0.307 e. The summed E-state index contributed by atoms with van der Waals surface area (Å²) in [5.74, 6) is -1.63. The van der Waals surface area contributed by atoms with E-state index in [1.54, 1.807) is 0 Å². The molecule has 0 atom stereocenters. The van der Waals surface area contributed by atoms with Gasteiger partial charge < -0.3 is 5.11 Å². The molecule has 4 heteroatoms. The van der Waals surface area contributed by atoms with Crippen LogP contribution in [-0.2, 0) is 4.79 Å². The molecule has 0 radical (unpaired) electrons. The molecule has 1 N–H and O–H groups in total. The quantitative estimate of drug-likeness (QED) is 0.796. The number of carbonyl (C=O) groups excluding carboxylic acids is 1. The van der Waals surface area contributed by atoms with Crippen LogP contribution < -0.4 is 0 Å². The molecule has 16 heavy (non-hydrogen) atoms. The van der Waals surface area contributed by atoms with E-state index < -0.39 is 11.8 Å². The van der Waals surface area contributed by atoms with E-state index in [4.69, 9.17) is 5.11 Å². The number of carboxylic acids is 1. The largest absolute Gasteiger partial charge is 0.481 e. The van der Waals surface area contributed by atoms with Gasteiger partial charge in [-0.05, 0) is 25.1 Å². The van der Waals surface area contributed by atoms with Crippen LogP contribution in [0.2, 0.25) is 0 Å². The zero-order valence-electron chi connectivity index (χ0n) is 8.74. The first-order chi connectivity index (χ1) is 7.50. The van der Waals surface area contributed by atoms with Crippen LogP contribution in [0.15, 0.2) is 24.3 Å². The van der Waals surface area contributed by atoms with Crippen molar-refractivity contribution >= 4 is 17.8 Å². The van der Waals surface area contributed by atoms with Crippen LogP contribution in [0.4, 0.5) is 4.39 Å². The van der Waals surface area contributed by atoms with Crippen LogP contribution >= 0.6 is 0 Å². The minimum absolute atomic E-state index is 0.159. The van der Waals surface area contributed by atoms with Crippen molar-refractivity contribution in [3.05, 3.63) is 41.2 Å². The number of halogens is 1. The highest BCUT2D eigenvalue weighted by Crippen LogP contribution is 2.13. The van der Waals surface area contributed by atoms with E-state index in [9.17, 15) is 14.0 Å². The lowest BCUT2D eigenvalue weighted by atomic mass is 10.1. The van der Waals surface area contributed by atoms with E-state index in [1.807, 2.05) is 0 Å². The fraction of sp³-hybridized carbons (Fsp3) is 0.167. The number of Topliss-reactive ketones (excluding diaryl/α,β-unsaturated/α-hetero) is 1. The molecular weight excluding hydrogens is 211 g/mol. The molecule has 1 aromatic carbocycles. The van der Waals surface area contributed by atoms with Gasteiger partial charge >= 0.3 is 5.97 Å². The lowest BCUT2D eigenvalue weighted by Crippen LogP contribution is -1.94. The second-order valence-electron chi connectivity index (χ2n) is 3.29. The second kappa shape index (κ2) is 5.21. The summed E-state index contributed by atoms with van der Waals surface area (Å²) in [6.07, 6.45) is 2.52. The molecule has 0 aromatic heterocycles. The number of hydrogen-bond acceptors (Lipinski definition) is 2. The number of hydrogen-bond donors (Lipinski definition) is 1. The Labute approximate surface area is 92.2 Å². The molecule has 0 unspecified atom stereocenters. The molecule has 0 amide bonds. The fourth-order valence-corrected chi connectivity index (χ4v) is 1.18. The highest BCUT2D eigenvalue weighted by atomic mass is 19.1.